The van der Waals surface area contributed by atoms with Crippen LogP contribution >= 0.6 is 46.9 Å². The van der Waals surface area contributed by atoms with E-state index in [9.17, 15) is 0 Å². The highest BCUT2D eigenvalue weighted by molar-refractivity contribution is 9.72. The van der Waals surface area contributed by atoms with E-state index < -0.39 is 4.68 Å². The van der Waals surface area contributed by atoms with Crippen molar-refractivity contribution in [3.63, 3.8) is 0 Å². The summed E-state index contributed by atoms with van der Waals surface area (Å²) in [5.74, 6) is 0. The van der Waals surface area contributed by atoms with E-state index in [-0.39, 0.29) is 0 Å². The molecule has 0 saturated carbocycles. The molecule has 0 aliphatic heterocycles. The van der Waals surface area contributed by atoms with Crippen molar-refractivity contribution >= 4 is 46.9 Å². The lowest BCUT2D eigenvalue weighted by molar-refractivity contribution is 5.09. The maximum absolute atomic E-state index is 5.21. The first-order valence-electron chi connectivity index (χ1n) is 0.567. The lowest BCUT2D eigenvalue weighted by Crippen LogP contribution is -0.906. The number of hydrogen-bond acceptors (Lipinski definition) is 0. The van der Waals surface area contributed by atoms with Gasteiger partial charge in [-0.2, -0.15) is 0 Å². The Balaban J connectivity index is 2.32. The molecule has 0 fully saturated rings. The fourth-order valence-corrected chi connectivity index (χ4v) is 0. The molecule has 0 bridgehead atoms. The SMILES string of the molecule is Cl[PH+](Br)Br. The summed E-state index contributed by atoms with van der Waals surface area (Å²) in [5.41, 5.74) is 0. The third-order valence-electron chi connectivity index (χ3n) is 0. The van der Waals surface area contributed by atoms with Gasteiger partial charge in [-0.1, -0.05) is 0 Å². The zero-order valence-electron chi connectivity index (χ0n) is 1.63. The van der Waals surface area contributed by atoms with Gasteiger partial charge in [0.15, 0.2) is 31.0 Å². The van der Waals surface area contributed by atoms with Gasteiger partial charge in [0.2, 0.25) is 4.68 Å². The smallest absolute Gasteiger partial charge is 0.109 e. The molecule has 0 rings (SSSR count). The largest absolute Gasteiger partial charge is 0.237 e. The van der Waals surface area contributed by atoms with Crippen LogP contribution in [0.2, 0.25) is 0 Å². The van der Waals surface area contributed by atoms with Gasteiger partial charge in [0.1, 0.15) is 11.2 Å². The number of hydrogen-bond donors (Lipinski definition) is 0. The van der Waals surface area contributed by atoms with Crippen LogP contribution in [0, 0.1) is 0 Å². The van der Waals surface area contributed by atoms with Gasteiger partial charge in [0.25, 0.3) is 0 Å². The molecule has 26 valence electrons. The van der Waals surface area contributed by atoms with Crippen molar-refractivity contribution in [2.75, 3.05) is 0 Å². The van der Waals surface area contributed by atoms with E-state index in [2.05, 4.69) is 31.0 Å². The summed E-state index contributed by atoms with van der Waals surface area (Å²) in [4.78, 5) is 0. The lowest BCUT2D eigenvalue weighted by atomic mass is 30.7. The molecule has 0 radical (unpaired) electrons. The number of halogens is 3. The summed E-state index contributed by atoms with van der Waals surface area (Å²) < 4.78 is -0.782. The van der Waals surface area contributed by atoms with E-state index >= 15 is 0 Å². The summed E-state index contributed by atoms with van der Waals surface area (Å²) in [6.07, 6.45) is 0. The van der Waals surface area contributed by atoms with E-state index in [1.165, 1.54) is 0 Å². The first-order chi connectivity index (χ1) is 1.73. The molecule has 4 heteroatoms. The van der Waals surface area contributed by atoms with Crippen molar-refractivity contribution in [1.29, 1.82) is 0 Å². The summed E-state index contributed by atoms with van der Waals surface area (Å²) in [5, 5.41) is 0. The van der Waals surface area contributed by atoms with Gasteiger partial charge >= 0.3 is 0 Å². The van der Waals surface area contributed by atoms with Crippen LogP contribution in [0.1, 0.15) is 0 Å². The van der Waals surface area contributed by atoms with Crippen LogP contribution in [0.4, 0.5) is 0 Å². The molecule has 4 heavy (non-hydrogen) atoms. The molecular weight excluding hydrogens is 226 g/mol. The van der Waals surface area contributed by atoms with Gasteiger partial charge in [-0.3, -0.25) is 0 Å². The van der Waals surface area contributed by atoms with E-state index in [1.54, 1.807) is 0 Å². The second kappa shape index (κ2) is 2.89. The molecular formula is HBr2ClP+. The second-order valence-electron chi connectivity index (χ2n) is 0.214. The summed E-state index contributed by atoms with van der Waals surface area (Å²) >= 11 is 11.3. The highest BCUT2D eigenvalue weighted by atomic mass is 79.9. The quantitative estimate of drug-likeness (QED) is 0.558. The highest BCUT2D eigenvalue weighted by Gasteiger charge is 1.93. The zero-order chi connectivity index (χ0) is 3.58. The van der Waals surface area contributed by atoms with Crippen molar-refractivity contribution in [2.24, 2.45) is 0 Å². The van der Waals surface area contributed by atoms with Crippen LogP contribution in [-0.4, -0.2) is 0 Å². The average molecular weight is 227 g/mol. The molecule has 0 aromatic heterocycles. The van der Waals surface area contributed by atoms with Crippen LogP contribution in [0.5, 0.6) is 0 Å². The molecule has 0 unspecified atom stereocenters. The topological polar surface area (TPSA) is 0 Å². The Morgan fingerprint density at radius 2 is 1.50 bits per heavy atom. The van der Waals surface area contributed by atoms with Gasteiger partial charge in [-0.25, -0.2) is 0 Å². The Hall–Kier alpha value is 1.68. The molecule has 0 atom stereocenters. The third-order valence-corrected chi connectivity index (χ3v) is 0. The Kier molecular flexibility index (Phi) is 4.11. The summed E-state index contributed by atoms with van der Waals surface area (Å²) in [6.45, 7) is 0. The van der Waals surface area contributed by atoms with Crippen LogP contribution in [0.25, 0.3) is 0 Å². The first-order valence-corrected chi connectivity index (χ1v) is 7.59. The molecule has 0 nitrogen and oxygen atoms in total. The van der Waals surface area contributed by atoms with Crippen molar-refractivity contribution in [2.45, 2.75) is 0 Å². The van der Waals surface area contributed by atoms with E-state index in [4.69, 9.17) is 11.2 Å². The van der Waals surface area contributed by atoms with Gasteiger partial charge in [0, 0.05) is 0 Å². The zero-order valence-corrected chi connectivity index (χ0v) is 6.56. The van der Waals surface area contributed by atoms with E-state index in [0.717, 1.165) is 0 Å². The Labute approximate surface area is 46.9 Å². The summed E-state index contributed by atoms with van der Waals surface area (Å²) in [7, 11) is 0. The minimum Gasteiger partial charge on any atom is 0.109 e. The molecule has 0 N–H and O–H groups in total. The Morgan fingerprint density at radius 1 is 1.50 bits per heavy atom. The van der Waals surface area contributed by atoms with Crippen molar-refractivity contribution in [3.05, 3.63) is 0 Å². The fraction of sp³-hybridized carbons (Fsp3) is 0. The normalized spacial score (nSPS) is 9.00. The standard InChI is InChI=1S/Br2ClP/c1-4(2)3/p+1. The molecule has 0 aromatic rings. The first kappa shape index (κ1) is 5.68. The molecule has 0 amide bonds. The Bertz CT molecular complexity index is 10.8. The van der Waals surface area contributed by atoms with Crippen molar-refractivity contribution in [1.82, 2.24) is 0 Å². The third kappa shape index (κ3) is 9.36. The maximum atomic E-state index is 5.21. The predicted octanol–water partition coefficient (Wildman–Crippen LogP) is 2.97. The van der Waals surface area contributed by atoms with Crippen LogP contribution < -0.4 is 0 Å². The van der Waals surface area contributed by atoms with Gasteiger partial charge < -0.3 is 0 Å². The molecule has 0 aromatic carbocycles. The second-order valence-corrected chi connectivity index (χ2v) is 12.5. The monoisotopic (exact) mass is 225 g/mol. The molecule has 0 spiro atoms. The van der Waals surface area contributed by atoms with Crippen LogP contribution in [0.15, 0.2) is 0 Å². The molecule has 0 saturated heterocycles. The van der Waals surface area contributed by atoms with Gasteiger partial charge in [-0.05, 0) is 0 Å². The molecule has 0 aliphatic carbocycles. The minimum atomic E-state index is -0.782. The van der Waals surface area contributed by atoms with E-state index in [1.807, 2.05) is 0 Å². The van der Waals surface area contributed by atoms with Gasteiger partial charge in [-0.15, -0.1) is 0 Å². The molecule has 0 aliphatic rings. The lowest BCUT2D eigenvalue weighted by Gasteiger charge is -1.54. The van der Waals surface area contributed by atoms with Gasteiger partial charge in [0.05, 0.1) is 0 Å². The average Bonchev–Trinajstić information content (AvgIpc) is 0.811. The van der Waals surface area contributed by atoms with Crippen LogP contribution in [0.3, 0.4) is 0 Å². The van der Waals surface area contributed by atoms with E-state index in [0.29, 0.717) is 0 Å². The minimum absolute atomic E-state index is 0.782. The Morgan fingerprint density at radius 3 is 1.50 bits per heavy atom. The summed E-state index contributed by atoms with van der Waals surface area (Å²) in [6, 6.07) is 0. The van der Waals surface area contributed by atoms with Crippen molar-refractivity contribution < 1.29 is 0 Å². The molecule has 0 heterocycles. The van der Waals surface area contributed by atoms with Crippen LogP contribution in [-0.2, 0) is 0 Å². The highest BCUT2D eigenvalue weighted by Crippen LogP contribution is 2.56. The van der Waals surface area contributed by atoms with Crippen molar-refractivity contribution in [3.8, 4) is 0 Å². The fourth-order valence-electron chi connectivity index (χ4n) is 0. The number of rotatable bonds is 0. The maximum Gasteiger partial charge on any atom is 0.237 e. The predicted molar refractivity (Wildman–Crippen MR) is 32.0 cm³/mol.